The first-order chi connectivity index (χ1) is 12.3. The van der Waals surface area contributed by atoms with Crippen molar-refractivity contribution in [3.05, 3.63) is 47.9 Å². The molecule has 0 radical (unpaired) electrons. The van der Waals surface area contributed by atoms with Crippen LogP contribution in [0, 0.1) is 0 Å². The monoisotopic (exact) mass is 351 g/mol. The van der Waals surface area contributed by atoms with E-state index in [1.807, 2.05) is 31.1 Å². The summed E-state index contributed by atoms with van der Waals surface area (Å²) in [5, 5.41) is 7.19. The number of aromatic nitrogens is 3. The van der Waals surface area contributed by atoms with Crippen molar-refractivity contribution in [2.75, 3.05) is 24.3 Å². The average Bonchev–Trinajstić information content (AvgIpc) is 3.12. The van der Waals surface area contributed by atoms with E-state index in [1.165, 1.54) is 6.20 Å². The van der Waals surface area contributed by atoms with Crippen molar-refractivity contribution in [3.63, 3.8) is 0 Å². The molecule has 7 heteroatoms. The number of anilines is 2. The van der Waals surface area contributed by atoms with Gasteiger partial charge in [0.25, 0.3) is 5.91 Å². The van der Waals surface area contributed by atoms with E-state index >= 15 is 0 Å². The molecule has 7 nitrogen and oxygen atoms in total. The summed E-state index contributed by atoms with van der Waals surface area (Å²) in [6.07, 6.45) is 5.75. The second-order valence-electron chi connectivity index (χ2n) is 7.31. The molecular weight excluding hydrogens is 330 g/mol. The summed E-state index contributed by atoms with van der Waals surface area (Å²) in [5.41, 5.74) is 3.46. The highest BCUT2D eigenvalue weighted by atomic mass is 16.5. The third-order valence-corrected chi connectivity index (χ3v) is 4.44. The van der Waals surface area contributed by atoms with E-state index in [2.05, 4.69) is 29.2 Å². The minimum absolute atomic E-state index is 0.235. The largest absolute Gasteiger partial charge is 0.487 e. The Morgan fingerprint density at radius 2 is 2.15 bits per heavy atom. The quantitative estimate of drug-likeness (QED) is 0.786. The van der Waals surface area contributed by atoms with Crippen LogP contribution in [0.1, 0.15) is 29.8 Å². The van der Waals surface area contributed by atoms with Gasteiger partial charge in [0.15, 0.2) is 5.65 Å². The van der Waals surface area contributed by atoms with Gasteiger partial charge in [-0.1, -0.05) is 0 Å². The Hall–Kier alpha value is -3.09. The average molecular weight is 351 g/mol. The summed E-state index contributed by atoms with van der Waals surface area (Å²) in [6.45, 7) is 4.12. The van der Waals surface area contributed by atoms with Gasteiger partial charge in [-0.3, -0.25) is 4.79 Å². The Morgan fingerprint density at radius 1 is 1.35 bits per heavy atom. The van der Waals surface area contributed by atoms with Crippen molar-refractivity contribution in [2.24, 2.45) is 0 Å². The lowest BCUT2D eigenvalue weighted by atomic mass is 10.0. The molecule has 26 heavy (non-hydrogen) atoms. The molecule has 1 aliphatic heterocycles. The molecule has 3 aromatic rings. The van der Waals surface area contributed by atoms with Gasteiger partial charge in [-0.15, -0.1) is 0 Å². The second kappa shape index (κ2) is 5.72. The number of hydrogen-bond donors (Lipinski definition) is 1. The van der Waals surface area contributed by atoms with Gasteiger partial charge >= 0.3 is 0 Å². The number of ether oxygens (including phenoxy) is 1. The van der Waals surface area contributed by atoms with E-state index in [-0.39, 0.29) is 11.5 Å². The molecule has 1 amide bonds. The number of hydrogen-bond acceptors (Lipinski definition) is 5. The Bertz CT molecular complexity index is 1010. The first-order valence-electron chi connectivity index (χ1n) is 8.47. The van der Waals surface area contributed by atoms with Crippen molar-refractivity contribution in [3.8, 4) is 5.75 Å². The van der Waals surface area contributed by atoms with E-state index in [9.17, 15) is 4.79 Å². The number of nitrogens with zero attached hydrogens (tertiary/aromatic N) is 4. The molecule has 0 saturated carbocycles. The van der Waals surface area contributed by atoms with Crippen LogP contribution in [0.25, 0.3) is 5.65 Å². The summed E-state index contributed by atoms with van der Waals surface area (Å²) in [4.78, 5) is 19.0. The molecule has 3 heterocycles. The molecular formula is C19H21N5O2. The molecule has 2 aromatic heterocycles. The summed E-state index contributed by atoms with van der Waals surface area (Å²) < 4.78 is 7.60. The predicted molar refractivity (Wildman–Crippen MR) is 100 cm³/mol. The Balaban J connectivity index is 1.71. The number of carbonyl (C=O) groups excluding carboxylic acids is 1. The fourth-order valence-electron chi connectivity index (χ4n) is 3.29. The molecule has 1 aliphatic rings. The highest BCUT2D eigenvalue weighted by Crippen LogP contribution is 2.41. The van der Waals surface area contributed by atoms with Crippen molar-refractivity contribution in [2.45, 2.75) is 25.9 Å². The van der Waals surface area contributed by atoms with Gasteiger partial charge in [-0.05, 0) is 26.0 Å². The highest BCUT2D eigenvalue weighted by molar-refractivity contribution is 6.09. The van der Waals surface area contributed by atoms with Crippen molar-refractivity contribution >= 4 is 22.9 Å². The fourth-order valence-corrected chi connectivity index (χ4v) is 3.29. The van der Waals surface area contributed by atoms with Crippen LogP contribution in [-0.2, 0) is 6.42 Å². The maximum absolute atomic E-state index is 12.8. The zero-order valence-electron chi connectivity index (χ0n) is 15.3. The number of nitrogens with one attached hydrogen (secondary N) is 1. The van der Waals surface area contributed by atoms with E-state index in [0.29, 0.717) is 11.2 Å². The van der Waals surface area contributed by atoms with Crippen LogP contribution in [0.2, 0.25) is 0 Å². The standard InChI is InChI=1S/C19H21N5O2/c1-19(2)10-12-8-14(15(23(3)4)9-16(12)26-19)22-18(25)13-11-21-24-7-5-6-20-17(13)24/h5-9,11H,10H2,1-4H3,(H,22,25). The minimum atomic E-state index is -0.236. The summed E-state index contributed by atoms with van der Waals surface area (Å²) in [6, 6.07) is 5.75. The second-order valence-corrected chi connectivity index (χ2v) is 7.31. The lowest BCUT2D eigenvalue weighted by Gasteiger charge is -2.20. The van der Waals surface area contributed by atoms with Gasteiger partial charge in [-0.25, -0.2) is 9.50 Å². The number of carbonyl (C=O) groups is 1. The normalized spacial score (nSPS) is 14.8. The van der Waals surface area contributed by atoms with E-state index in [4.69, 9.17) is 4.74 Å². The lowest BCUT2D eigenvalue weighted by Crippen LogP contribution is -2.24. The highest BCUT2D eigenvalue weighted by Gasteiger charge is 2.31. The Morgan fingerprint density at radius 3 is 2.92 bits per heavy atom. The zero-order valence-corrected chi connectivity index (χ0v) is 15.3. The third-order valence-electron chi connectivity index (χ3n) is 4.44. The minimum Gasteiger partial charge on any atom is -0.487 e. The van der Waals surface area contributed by atoms with Gasteiger partial charge in [0.1, 0.15) is 16.9 Å². The van der Waals surface area contributed by atoms with Crippen LogP contribution in [0.5, 0.6) is 5.75 Å². The zero-order chi connectivity index (χ0) is 18.5. The molecule has 0 fully saturated rings. The number of fused-ring (bicyclic) bond motifs is 2. The molecule has 134 valence electrons. The van der Waals surface area contributed by atoms with Crippen LogP contribution in [-0.4, -0.2) is 40.2 Å². The van der Waals surface area contributed by atoms with Gasteiger partial charge in [0, 0.05) is 44.5 Å². The Kier molecular flexibility index (Phi) is 3.61. The molecule has 0 bridgehead atoms. The van der Waals surface area contributed by atoms with E-state index < -0.39 is 0 Å². The summed E-state index contributed by atoms with van der Waals surface area (Å²) >= 11 is 0. The molecule has 1 N–H and O–H groups in total. The molecule has 0 unspecified atom stereocenters. The van der Waals surface area contributed by atoms with Crippen molar-refractivity contribution in [1.29, 1.82) is 0 Å². The van der Waals surface area contributed by atoms with Crippen LogP contribution in [0.15, 0.2) is 36.8 Å². The molecule has 0 aliphatic carbocycles. The predicted octanol–water partition coefficient (Wildman–Crippen LogP) is 2.76. The molecule has 0 spiro atoms. The van der Waals surface area contributed by atoms with Crippen molar-refractivity contribution < 1.29 is 9.53 Å². The smallest absolute Gasteiger partial charge is 0.261 e. The molecule has 1 aromatic carbocycles. The number of rotatable bonds is 3. The molecule has 0 atom stereocenters. The Labute approximate surface area is 151 Å². The number of benzene rings is 1. The van der Waals surface area contributed by atoms with Crippen LogP contribution >= 0.6 is 0 Å². The maximum Gasteiger partial charge on any atom is 0.261 e. The molecule has 0 saturated heterocycles. The summed E-state index contributed by atoms with van der Waals surface area (Å²) in [7, 11) is 3.88. The van der Waals surface area contributed by atoms with E-state index in [1.54, 1.807) is 23.0 Å². The van der Waals surface area contributed by atoms with Gasteiger partial charge in [-0.2, -0.15) is 5.10 Å². The van der Waals surface area contributed by atoms with Crippen LogP contribution in [0.4, 0.5) is 11.4 Å². The topological polar surface area (TPSA) is 71.8 Å². The molecule has 4 rings (SSSR count). The summed E-state index contributed by atoms with van der Waals surface area (Å²) in [5.74, 6) is 0.634. The van der Waals surface area contributed by atoms with Crippen LogP contribution < -0.4 is 15.0 Å². The van der Waals surface area contributed by atoms with Gasteiger partial charge < -0.3 is 15.0 Å². The maximum atomic E-state index is 12.8. The van der Waals surface area contributed by atoms with Gasteiger partial charge in [0.2, 0.25) is 0 Å². The number of amides is 1. The van der Waals surface area contributed by atoms with Crippen LogP contribution in [0.3, 0.4) is 0 Å². The third kappa shape index (κ3) is 2.75. The van der Waals surface area contributed by atoms with E-state index in [0.717, 1.165) is 29.1 Å². The SMILES string of the molecule is CN(C)c1cc2c(cc1NC(=O)c1cnn3cccnc13)CC(C)(C)O2. The lowest BCUT2D eigenvalue weighted by molar-refractivity contribution is 0.102. The fraction of sp³-hybridized carbons (Fsp3) is 0.316. The van der Waals surface area contributed by atoms with Crippen molar-refractivity contribution in [1.82, 2.24) is 14.6 Å². The van der Waals surface area contributed by atoms with Gasteiger partial charge in [0.05, 0.1) is 17.6 Å². The first-order valence-corrected chi connectivity index (χ1v) is 8.47. The first kappa shape index (κ1) is 16.4.